The molecule has 0 aliphatic heterocycles. The van der Waals surface area contributed by atoms with Gasteiger partial charge in [0, 0.05) is 12.0 Å². The van der Waals surface area contributed by atoms with Gasteiger partial charge < -0.3 is 9.66 Å². The zero-order chi connectivity index (χ0) is 11.1. The van der Waals surface area contributed by atoms with Gasteiger partial charge in [0.25, 0.3) is 0 Å². The van der Waals surface area contributed by atoms with E-state index in [2.05, 4.69) is 0 Å². The standard InChI is InChI=1S/C10H10O4S.K/c11-10(15(12,13)14)7-3-5-8-4-1-2-6-9(8)10;/h1-6,11H,7H2,(H,12,13,14);/q;+1/p-1. The number of aliphatic hydroxyl groups is 1. The molecule has 6 heteroatoms. The van der Waals surface area contributed by atoms with Gasteiger partial charge in [-0.25, -0.2) is 8.42 Å². The Kier molecular flexibility index (Phi) is 4.53. The molecular weight excluding hydrogens is 255 g/mol. The zero-order valence-corrected chi connectivity index (χ0v) is 12.7. The molecule has 1 aliphatic carbocycles. The molecule has 80 valence electrons. The number of hydrogen-bond acceptors (Lipinski definition) is 4. The van der Waals surface area contributed by atoms with Crippen LogP contribution in [-0.2, 0) is 15.1 Å². The van der Waals surface area contributed by atoms with E-state index in [1.807, 2.05) is 0 Å². The molecule has 1 aliphatic rings. The van der Waals surface area contributed by atoms with Crippen LogP contribution in [0.2, 0.25) is 0 Å². The fourth-order valence-electron chi connectivity index (χ4n) is 1.69. The number of benzene rings is 1. The molecule has 4 nitrogen and oxygen atoms in total. The molecule has 1 aromatic carbocycles. The van der Waals surface area contributed by atoms with Gasteiger partial charge in [0.05, 0.1) is 0 Å². The summed E-state index contributed by atoms with van der Waals surface area (Å²) in [5.41, 5.74) is 0.716. The van der Waals surface area contributed by atoms with Crippen molar-refractivity contribution >= 4 is 16.2 Å². The smallest absolute Gasteiger partial charge is 0.745 e. The Morgan fingerprint density at radius 3 is 2.56 bits per heavy atom. The topological polar surface area (TPSA) is 77.4 Å². The molecule has 0 saturated carbocycles. The first-order valence-electron chi connectivity index (χ1n) is 4.39. The molecule has 0 bridgehead atoms. The van der Waals surface area contributed by atoms with Crippen LogP contribution in [0, 0.1) is 0 Å². The van der Waals surface area contributed by atoms with Crippen LogP contribution in [0.25, 0.3) is 6.08 Å². The van der Waals surface area contributed by atoms with Gasteiger partial charge in [-0.15, -0.1) is 0 Å². The van der Waals surface area contributed by atoms with Crippen molar-refractivity contribution in [3.8, 4) is 0 Å². The predicted octanol–water partition coefficient (Wildman–Crippen LogP) is -2.20. The van der Waals surface area contributed by atoms with E-state index in [0.717, 1.165) is 0 Å². The van der Waals surface area contributed by atoms with Gasteiger partial charge >= 0.3 is 51.4 Å². The zero-order valence-electron chi connectivity index (χ0n) is 8.75. The van der Waals surface area contributed by atoms with Crippen molar-refractivity contribution in [2.24, 2.45) is 0 Å². The normalized spacial score (nSPS) is 23.4. The van der Waals surface area contributed by atoms with Crippen LogP contribution < -0.4 is 51.4 Å². The van der Waals surface area contributed by atoms with Gasteiger partial charge in [0.2, 0.25) is 0 Å². The fraction of sp³-hybridized carbons (Fsp3) is 0.200. The monoisotopic (exact) mass is 264 g/mol. The first-order chi connectivity index (χ1) is 6.95. The summed E-state index contributed by atoms with van der Waals surface area (Å²) in [4.78, 5) is -2.32. The summed E-state index contributed by atoms with van der Waals surface area (Å²) in [6.45, 7) is 0. The summed E-state index contributed by atoms with van der Waals surface area (Å²) in [6.07, 6.45) is 2.97. The third kappa shape index (κ3) is 2.34. The van der Waals surface area contributed by atoms with Crippen LogP contribution in [0.4, 0.5) is 0 Å². The van der Waals surface area contributed by atoms with Crippen LogP contribution in [0.5, 0.6) is 0 Å². The Labute approximate surface area is 137 Å². The van der Waals surface area contributed by atoms with Crippen molar-refractivity contribution in [2.75, 3.05) is 0 Å². The molecule has 1 aromatic rings. The quantitative estimate of drug-likeness (QED) is 0.461. The second kappa shape index (κ2) is 4.99. The number of hydrogen-bond donors (Lipinski definition) is 1. The minimum atomic E-state index is -4.78. The second-order valence-electron chi connectivity index (χ2n) is 3.43. The molecule has 2 rings (SSSR count). The van der Waals surface area contributed by atoms with Crippen molar-refractivity contribution < 1.29 is 69.5 Å². The van der Waals surface area contributed by atoms with Crippen molar-refractivity contribution in [3.05, 3.63) is 41.5 Å². The summed E-state index contributed by atoms with van der Waals surface area (Å²) in [5.74, 6) is 0. The molecule has 1 atom stereocenters. The van der Waals surface area contributed by atoms with Crippen LogP contribution in [0.15, 0.2) is 30.3 Å². The molecule has 16 heavy (non-hydrogen) atoms. The third-order valence-corrected chi connectivity index (χ3v) is 3.70. The Bertz CT molecular complexity index is 523. The average molecular weight is 264 g/mol. The van der Waals surface area contributed by atoms with E-state index < -0.39 is 15.1 Å². The molecule has 0 amide bonds. The molecule has 0 heterocycles. The molecule has 0 saturated heterocycles. The summed E-state index contributed by atoms with van der Waals surface area (Å²) >= 11 is 0. The van der Waals surface area contributed by atoms with E-state index in [1.165, 1.54) is 12.1 Å². The maximum Gasteiger partial charge on any atom is 1.00 e. The van der Waals surface area contributed by atoms with E-state index in [4.69, 9.17) is 0 Å². The van der Waals surface area contributed by atoms with Crippen LogP contribution >= 0.6 is 0 Å². The van der Waals surface area contributed by atoms with Gasteiger partial charge in [-0.05, 0) is 5.56 Å². The maximum atomic E-state index is 11.0. The minimum absolute atomic E-state index is 0. The fourth-order valence-corrected chi connectivity index (χ4v) is 2.45. The summed E-state index contributed by atoms with van der Waals surface area (Å²) in [6, 6.07) is 6.41. The Morgan fingerprint density at radius 1 is 1.31 bits per heavy atom. The molecule has 1 unspecified atom stereocenters. The third-order valence-electron chi connectivity index (χ3n) is 2.49. The van der Waals surface area contributed by atoms with Gasteiger partial charge in [-0.3, -0.25) is 0 Å². The van der Waals surface area contributed by atoms with E-state index >= 15 is 0 Å². The van der Waals surface area contributed by atoms with Crippen molar-refractivity contribution in [1.29, 1.82) is 0 Å². The van der Waals surface area contributed by atoms with Crippen LogP contribution in [-0.4, -0.2) is 18.1 Å². The Morgan fingerprint density at radius 2 is 1.94 bits per heavy atom. The summed E-state index contributed by atoms with van der Waals surface area (Å²) in [5, 5.41) is 9.91. The molecule has 1 N–H and O–H groups in total. The largest absolute Gasteiger partial charge is 1.00 e. The average Bonchev–Trinajstić information content (AvgIpc) is 2.17. The van der Waals surface area contributed by atoms with Crippen LogP contribution in [0.1, 0.15) is 17.5 Å². The van der Waals surface area contributed by atoms with Crippen molar-refractivity contribution in [2.45, 2.75) is 11.4 Å². The molecule has 0 spiro atoms. The SMILES string of the molecule is O=S(=O)([O-])C1(O)CC=Cc2ccccc21.[K+]. The van der Waals surface area contributed by atoms with Gasteiger partial charge in [0.1, 0.15) is 10.1 Å². The van der Waals surface area contributed by atoms with E-state index in [-0.39, 0.29) is 63.4 Å². The van der Waals surface area contributed by atoms with E-state index in [9.17, 15) is 18.1 Å². The van der Waals surface area contributed by atoms with E-state index in [0.29, 0.717) is 5.56 Å². The summed E-state index contributed by atoms with van der Waals surface area (Å²) < 4.78 is 33.1. The van der Waals surface area contributed by atoms with Crippen molar-refractivity contribution in [3.63, 3.8) is 0 Å². The predicted molar refractivity (Wildman–Crippen MR) is 53.7 cm³/mol. The van der Waals surface area contributed by atoms with Crippen LogP contribution in [0.3, 0.4) is 0 Å². The molecular formula is C10H9KO4S. The first kappa shape index (κ1) is 14.5. The minimum Gasteiger partial charge on any atom is -0.745 e. The second-order valence-corrected chi connectivity index (χ2v) is 5.02. The maximum absolute atomic E-state index is 11.0. The first-order valence-corrected chi connectivity index (χ1v) is 5.80. The molecule has 0 fully saturated rings. The van der Waals surface area contributed by atoms with Gasteiger partial charge in [-0.1, -0.05) is 36.4 Å². The number of rotatable bonds is 1. The van der Waals surface area contributed by atoms with Crippen molar-refractivity contribution in [1.82, 2.24) is 0 Å². The summed E-state index contributed by atoms with van der Waals surface area (Å²) in [7, 11) is -4.78. The Balaban J connectivity index is 0.00000128. The van der Waals surface area contributed by atoms with E-state index in [1.54, 1.807) is 24.3 Å². The number of fused-ring (bicyclic) bond motifs is 1. The molecule has 0 radical (unpaired) electrons. The van der Waals surface area contributed by atoms with Gasteiger partial charge in [0.15, 0.2) is 4.93 Å². The molecule has 0 aromatic heterocycles. The van der Waals surface area contributed by atoms with Gasteiger partial charge in [-0.2, -0.15) is 0 Å². The Hall–Kier alpha value is 0.466.